The fraction of sp³-hybridized carbons (Fsp3) is 0.111. The molecule has 0 fully saturated rings. The van der Waals surface area contributed by atoms with Crippen molar-refractivity contribution in [2.24, 2.45) is 0 Å². The Hall–Kier alpha value is -7.88. The summed E-state index contributed by atoms with van der Waals surface area (Å²) < 4.78 is 14.0. The number of anilines is 3. The van der Waals surface area contributed by atoms with Gasteiger partial charge in [0.1, 0.15) is 16.9 Å². The fourth-order valence-electron chi connectivity index (χ4n) is 13.2. The fourth-order valence-corrected chi connectivity index (χ4v) is 13.2. The molecule has 2 heterocycles. The van der Waals surface area contributed by atoms with Crippen LogP contribution in [-0.2, 0) is 17.3 Å². The minimum atomic E-state index is -0.425. The second kappa shape index (κ2) is 13.1. The van der Waals surface area contributed by atoms with Gasteiger partial charge in [-0.2, -0.15) is 0 Å². The Morgan fingerprint density at radius 2 is 1.06 bits per heavy atom. The zero-order valence-corrected chi connectivity index (χ0v) is 36.6. The molecule has 5 aliphatic rings. The van der Waals surface area contributed by atoms with Crippen LogP contribution < -0.4 is 4.90 Å². The molecule has 3 heteroatoms. The summed E-state index contributed by atoms with van der Waals surface area (Å²) >= 11 is 0. The molecule has 2 aromatic heterocycles. The van der Waals surface area contributed by atoms with Gasteiger partial charge in [0.05, 0.1) is 11.1 Å². The van der Waals surface area contributed by atoms with Crippen molar-refractivity contribution < 1.29 is 8.83 Å². The number of aryl methyl sites for hydroxylation is 1. The predicted molar refractivity (Wildman–Crippen MR) is 270 cm³/mol. The van der Waals surface area contributed by atoms with Crippen LogP contribution in [0, 0.1) is 0 Å². The first-order chi connectivity index (χ1) is 32.6. The number of furan rings is 2. The van der Waals surface area contributed by atoms with Crippen molar-refractivity contribution in [2.45, 2.75) is 43.4 Å². The van der Waals surface area contributed by atoms with Crippen molar-refractivity contribution >= 4 is 61.6 Å². The molecule has 0 bridgehead atoms. The summed E-state index contributed by atoms with van der Waals surface area (Å²) in [6.07, 6.45) is 13.3. The van der Waals surface area contributed by atoms with E-state index in [1.165, 1.54) is 83.3 Å². The molecule has 1 spiro atoms. The van der Waals surface area contributed by atoms with Gasteiger partial charge in [0.2, 0.25) is 0 Å². The van der Waals surface area contributed by atoms with Crippen molar-refractivity contribution in [3.05, 3.63) is 244 Å². The number of para-hydroxylation sites is 2. The number of hydrogen-bond donors (Lipinski definition) is 0. The molecule has 0 N–H and O–H groups in total. The van der Waals surface area contributed by atoms with E-state index in [0.29, 0.717) is 0 Å². The molecule has 0 aliphatic heterocycles. The molecule has 10 aromatic rings. The third kappa shape index (κ3) is 4.52. The zero-order chi connectivity index (χ0) is 43.3. The van der Waals surface area contributed by atoms with Crippen LogP contribution in [0.15, 0.2) is 202 Å². The van der Waals surface area contributed by atoms with Crippen LogP contribution in [0.3, 0.4) is 0 Å². The lowest BCUT2D eigenvalue weighted by Gasteiger charge is -2.33. The molecular weight excluding hydrogens is 803 g/mol. The van der Waals surface area contributed by atoms with E-state index in [0.717, 1.165) is 76.0 Å². The third-order valence-electron chi connectivity index (χ3n) is 15.9. The van der Waals surface area contributed by atoms with Crippen LogP contribution in [0.5, 0.6) is 0 Å². The normalized spacial score (nSPS) is 17.8. The number of nitrogens with zero attached hydrogens (tertiary/aromatic N) is 1. The molecule has 15 rings (SSSR count). The van der Waals surface area contributed by atoms with Gasteiger partial charge >= 0.3 is 0 Å². The summed E-state index contributed by atoms with van der Waals surface area (Å²) in [6, 6.07) is 63.4. The molecule has 8 aromatic carbocycles. The maximum Gasteiger partial charge on any atom is 0.159 e. The van der Waals surface area contributed by atoms with Crippen molar-refractivity contribution in [3.63, 3.8) is 0 Å². The van der Waals surface area contributed by atoms with Crippen molar-refractivity contribution in [3.8, 4) is 22.3 Å². The highest BCUT2D eigenvalue weighted by Crippen LogP contribution is 2.64. The van der Waals surface area contributed by atoms with Crippen molar-refractivity contribution in [2.75, 3.05) is 4.90 Å². The highest BCUT2D eigenvalue weighted by Gasteiger charge is 2.52. The Morgan fingerprint density at radius 3 is 1.86 bits per heavy atom. The predicted octanol–water partition coefficient (Wildman–Crippen LogP) is 16.5. The first-order valence-corrected chi connectivity index (χ1v) is 23.5. The van der Waals surface area contributed by atoms with Gasteiger partial charge in [-0.05, 0) is 142 Å². The lowest BCUT2D eigenvalue weighted by Crippen LogP contribution is -2.27. The van der Waals surface area contributed by atoms with Gasteiger partial charge in [0.25, 0.3) is 0 Å². The molecule has 0 saturated heterocycles. The van der Waals surface area contributed by atoms with Crippen molar-refractivity contribution in [1.82, 2.24) is 0 Å². The molecule has 1 atom stereocenters. The van der Waals surface area contributed by atoms with Gasteiger partial charge in [-0.1, -0.05) is 152 Å². The summed E-state index contributed by atoms with van der Waals surface area (Å²) in [6.45, 7) is 2.37. The number of benzene rings is 8. The molecule has 66 heavy (non-hydrogen) atoms. The maximum atomic E-state index is 7.05. The first-order valence-electron chi connectivity index (χ1n) is 23.5. The van der Waals surface area contributed by atoms with E-state index in [1.54, 1.807) is 0 Å². The lowest BCUT2D eigenvalue weighted by atomic mass is 9.69. The lowest BCUT2D eigenvalue weighted by molar-refractivity contribution is 0.596. The number of rotatable bonds is 4. The molecule has 0 amide bonds. The van der Waals surface area contributed by atoms with Gasteiger partial charge in [-0.25, -0.2) is 0 Å². The van der Waals surface area contributed by atoms with Gasteiger partial charge in [0.15, 0.2) is 5.58 Å². The molecular formula is C63H43NO2. The molecule has 3 nitrogen and oxygen atoms in total. The van der Waals surface area contributed by atoms with Crippen LogP contribution in [0.4, 0.5) is 17.1 Å². The largest absolute Gasteiger partial charge is 0.456 e. The van der Waals surface area contributed by atoms with Crippen LogP contribution in [0.1, 0.15) is 76.5 Å². The summed E-state index contributed by atoms with van der Waals surface area (Å²) in [5.74, 6) is 0.963. The molecule has 5 aliphatic carbocycles. The van der Waals surface area contributed by atoms with E-state index in [4.69, 9.17) is 8.83 Å². The number of allylic oxidation sites excluding steroid dienone is 5. The third-order valence-corrected chi connectivity index (χ3v) is 15.9. The molecule has 312 valence electrons. The van der Waals surface area contributed by atoms with Crippen molar-refractivity contribution in [1.29, 1.82) is 0 Å². The maximum absolute atomic E-state index is 7.05. The SMILES string of the molecule is CC1(c2cccc3c2oc2ccc(N(c4ccc5c(c4)C4(C6=C(CCC=C6)c6ccccc64)c4ccccc4-5)c4cccc5c6c(oc45)C=CCC6)cc23)c2ccccc2-c2ccccc21. The smallest absolute Gasteiger partial charge is 0.159 e. The average molecular weight is 846 g/mol. The monoisotopic (exact) mass is 845 g/mol. The Morgan fingerprint density at radius 1 is 0.455 bits per heavy atom. The van der Waals surface area contributed by atoms with E-state index in [2.05, 4.69) is 206 Å². The topological polar surface area (TPSA) is 29.5 Å². The zero-order valence-electron chi connectivity index (χ0n) is 36.6. The standard InChI is InChI=1S/C63H43NO2/c1-62(50-24-8-2-16-40(50)41-17-3-9-25-51(41)62)55-29-14-22-48-49-36-38(33-35-59(49)65-60(48)55)64(57-30-15-23-47-46-21-7-13-31-58(46)66-61(47)57)39-32-34-45-44-20-6-12-28-54(44)63(56(45)37-39)52-26-10-4-18-42(52)43-19-5-11-27-53(43)63/h2-4,6,8-18,20,22-37H,5,7,19,21H2,1H3. The van der Waals surface area contributed by atoms with Gasteiger partial charge < -0.3 is 13.7 Å². The molecule has 0 radical (unpaired) electrons. The van der Waals surface area contributed by atoms with Gasteiger partial charge in [0, 0.05) is 44.1 Å². The summed E-state index contributed by atoms with van der Waals surface area (Å²) in [5, 5.41) is 3.38. The van der Waals surface area contributed by atoms with Crippen LogP contribution >= 0.6 is 0 Å². The summed E-state index contributed by atoms with van der Waals surface area (Å²) in [4.78, 5) is 2.44. The van der Waals surface area contributed by atoms with E-state index in [1.807, 2.05) is 0 Å². The Bertz CT molecular complexity index is 3820. The second-order valence-corrected chi connectivity index (χ2v) is 19.0. The average Bonchev–Trinajstić information content (AvgIpc) is 4.16. The van der Waals surface area contributed by atoms with Crippen LogP contribution in [-0.4, -0.2) is 0 Å². The van der Waals surface area contributed by atoms with Crippen LogP contribution in [0.25, 0.3) is 66.8 Å². The van der Waals surface area contributed by atoms with E-state index in [9.17, 15) is 0 Å². The first kappa shape index (κ1) is 36.5. The minimum absolute atomic E-state index is 0.391. The van der Waals surface area contributed by atoms with E-state index >= 15 is 0 Å². The minimum Gasteiger partial charge on any atom is -0.456 e. The van der Waals surface area contributed by atoms with E-state index in [-0.39, 0.29) is 0 Å². The number of hydrogen-bond acceptors (Lipinski definition) is 3. The second-order valence-electron chi connectivity index (χ2n) is 19.0. The van der Waals surface area contributed by atoms with Gasteiger partial charge in [-0.3, -0.25) is 0 Å². The van der Waals surface area contributed by atoms with Gasteiger partial charge in [-0.15, -0.1) is 0 Å². The summed E-state index contributed by atoms with van der Waals surface area (Å²) in [5.41, 5.74) is 23.7. The Kier molecular flexibility index (Phi) is 7.24. The molecule has 1 unspecified atom stereocenters. The van der Waals surface area contributed by atoms with E-state index < -0.39 is 10.8 Å². The Labute approximate surface area is 383 Å². The number of fused-ring (bicyclic) bond motifs is 18. The molecule has 0 saturated carbocycles. The highest BCUT2D eigenvalue weighted by atomic mass is 16.3. The highest BCUT2D eigenvalue weighted by molar-refractivity contribution is 6.09. The van der Waals surface area contributed by atoms with Crippen LogP contribution in [0.2, 0.25) is 0 Å². The summed E-state index contributed by atoms with van der Waals surface area (Å²) in [7, 11) is 0. The quantitative estimate of drug-likeness (QED) is 0.177. The Balaban J connectivity index is 0.979.